The predicted molar refractivity (Wildman–Crippen MR) is 102 cm³/mol. The second-order valence-electron chi connectivity index (χ2n) is 8.67. The smallest absolute Gasteiger partial charge is 0.273 e. The summed E-state index contributed by atoms with van der Waals surface area (Å²) in [6.07, 6.45) is 5.01. The van der Waals surface area contributed by atoms with E-state index in [1.165, 1.54) is 0 Å². The van der Waals surface area contributed by atoms with Crippen molar-refractivity contribution in [1.29, 1.82) is 0 Å². The molecule has 2 aliphatic heterocycles. The van der Waals surface area contributed by atoms with Crippen LogP contribution in [0.3, 0.4) is 0 Å². The molecule has 2 atom stereocenters. The molecule has 154 valence electrons. The summed E-state index contributed by atoms with van der Waals surface area (Å²) < 4.78 is 5.26. The van der Waals surface area contributed by atoms with Crippen molar-refractivity contribution in [3.05, 3.63) is 17.5 Å². The lowest BCUT2D eigenvalue weighted by Gasteiger charge is -2.40. The van der Waals surface area contributed by atoms with E-state index in [1.54, 1.807) is 6.07 Å². The molecule has 3 aliphatic rings. The van der Waals surface area contributed by atoms with Gasteiger partial charge in [-0.15, -0.1) is 0 Å². The number of carbonyl (C=O) groups excluding carboxylic acids is 2. The lowest BCUT2D eigenvalue weighted by atomic mass is 9.87. The van der Waals surface area contributed by atoms with E-state index in [0.29, 0.717) is 43.8 Å². The zero-order chi connectivity index (χ0) is 19.7. The number of aromatic nitrogens is 1. The first-order valence-electron chi connectivity index (χ1n) is 10.4. The largest absolute Gasteiger partial charge is 0.389 e. The maximum atomic E-state index is 12.7. The van der Waals surface area contributed by atoms with Gasteiger partial charge in [0.05, 0.1) is 12.0 Å². The molecule has 0 aromatic carbocycles. The van der Waals surface area contributed by atoms with Crippen LogP contribution in [0.15, 0.2) is 10.6 Å². The lowest BCUT2D eigenvalue weighted by Crippen LogP contribution is -2.53. The molecule has 2 saturated heterocycles. The van der Waals surface area contributed by atoms with Crippen molar-refractivity contribution in [3.8, 4) is 0 Å². The molecule has 1 aliphatic carbocycles. The zero-order valence-corrected chi connectivity index (χ0v) is 16.4. The molecule has 8 nitrogen and oxygen atoms in total. The fourth-order valence-electron chi connectivity index (χ4n) is 4.34. The quantitative estimate of drug-likeness (QED) is 0.697. The normalized spacial score (nSPS) is 27.4. The minimum Gasteiger partial charge on any atom is -0.389 e. The number of nitrogens with one attached hydrogen (secondary N) is 2. The second kappa shape index (κ2) is 7.83. The Morgan fingerprint density at radius 1 is 1.36 bits per heavy atom. The molecule has 0 bridgehead atoms. The molecule has 1 aromatic heterocycles. The number of hydrogen-bond donors (Lipinski definition) is 3. The first kappa shape index (κ1) is 19.4. The van der Waals surface area contributed by atoms with Crippen LogP contribution in [-0.2, 0) is 4.79 Å². The molecule has 3 N–H and O–H groups in total. The van der Waals surface area contributed by atoms with Crippen LogP contribution in [0.25, 0.3) is 0 Å². The van der Waals surface area contributed by atoms with Gasteiger partial charge in [0.15, 0.2) is 5.69 Å². The van der Waals surface area contributed by atoms with Crippen molar-refractivity contribution in [2.24, 2.45) is 0 Å². The molecule has 8 heteroatoms. The van der Waals surface area contributed by atoms with Crippen LogP contribution in [0, 0.1) is 0 Å². The van der Waals surface area contributed by atoms with Gasteiger partial charge in [0.2, 0.25) is 5.91 Å². The van der Waals surface area contributed by atoms with E-state index < -0.39 is 5.60 Å². The Labute approximate surface area is 165 Å². The molecule has 2 amide bonds. The highest BCUT2D eigenvalue weighted by molar-refractivity contribution is 5.92. The average Bonchev–Trinajstić information content (AvgIpc) is 3.38. The zero-order valence-electron chi connectivity index (χ0n) is 16.4. The van der Waals surface area contributed by atoms with E-state index in [-0.39, 0.29) is 30.3 Å². The summed E-state index contributed by atoms with van der Waals surface area (Å²) in [5.41, 5.74) is -0.555. The second-order valence-corrected chi connectivity index (χ2v) is 8.67. The molecular formula is C20H30N4O4. The number of likely N-dealkylation sites (tertiary alicyclic amines) is 1. The lowest BCUT2D eigenvalue weighted by molar-refractivity contribution is -0.141. The van der Waals surface area contributed by atoms with Gasteiger partial charge in [-0.25, -0.2) is 0 Å². The molecule has 3 heterocycles. The number of carbonyl (C=O) groups is 2. The number of rotatable bonds is 5. The molecule has 1 aromatic rings. The van der Waals surface area contributed by atoms with Gasteiger partial charge < -0.3 is 25.2 Å². The Morgan fingerprint density at radius 2 is 2.11 bits per heavy atom. The topological polar surface area (TPSA) is 108 Å². The van der Waals surface area contributed by atoms with Crippen molar-refractivity contribution < 1.29 is 19.2 Å². The summed E-state index contributed by atoms with van der Waals surface area (Å²) in [6.45, 7) is 4.09. The fourth-order valence-corrected chi connectivity index (χ4v) is 4.34. The number of aliphatic hydroxyl groups is 1. The van der Waals surface area contributed by atoms with Crippen LogP contribution in [0.4, 0.5) is 0 Å². The SMILES string of the molecule is C[C@H]1CC(NC(=O)c2cc(C3CC3)on2)CCN1C(=O)CC1(O)CCNCC1. The van der Waals surface area contributed by atoms with E-state index in [2.05, 4.69) is 15.8 Å². The van der Waals surface area contributed by atoms with Crippen LogP contribution < -0.4 is 10.6 Å². The summed E-state index contributed by atoms with van der Waals surface area (Å²) in [4.78, 5) is 27.0. The molecule has 3 fully saturated rings. The van der Waals surface area contributed by atoms with Gasteiger partial charge in [-0.05, 0) is 58.5 Å². The summed E-state index contributed by atoms with van der Waals surface area (Å²) in [5, 5.41) is 20.8. The van der Waals surface area contributed by atoms with Gasteiger partial charge in [-0.1, -0.05) is 5.16 Å². The van der Waals surface area contributed by atoms with Gasteiger partial charge in [0.1, 0.15) is 5.76 Å². The van der Waals surface area contributed by atoms with Gasteiger partial charge in [-0.2, -0.15) is 0 Å². The first-order chi connectivity index (χ1) is 13.4. The van der Waals surface area contributed by atoms with Crippen LogP contribution >= 0.6 is 0 Å². The van der Waals surface area contributed by atoms with Crippen molar-refractivity contribution in [3.63, 3.8) is 0 Å². The Hall–Kier alpha value is -1.93. The van der Waals surface area contributed by atoms with Gasteiger partial charge in [-0.3, -0.25) is 9.59 Å². The van der Waals surface area contributed by atoms with Crippen molar-refractivity contribution >= 4 is 11.8 Å². The molecular weight excluding hydrogens is 360 g/mol. The number of nitrogens with zero attached hydrogens (tertiary/aromatic N) is 2. The van der Waals surface area contributed by atoms with E-state index in [9.17, 15) is 14.7 Å². The molecule has 0 spiro atoms. The Bertz CT molecular complexity index is 724. The summed E-state index contributed by atoms with van der Waals surface area (Å²) in [7, 11) is 0. The molecule has 4 rings (SSSR count). The van der Waals surface area contributed by atoms with Crippen molar-refractivity contribution in [2.75, 3.05) is 19.6 Å². The monoisotopic (exact) mass is 390 g/mol. The first-order valence-corrected chi connectivity index (χ1v) is 10.4. The third kappa shape index (κ3) is 4.38. The van der Waals surface area contributed by atoms with E-state index >= 15 is 0 Å². The Balaban J connectivity index is 1.28. The van der Waals surface area contributed by atoms with Gasteiger partial charge >= 0.3 is 0 Å². The number of amides is 2. The number of hydrogen-bond acceptors (Lipinski definition) is 6. The van der Waals surface area contributed by atoms with Crippen molar-refractivity contribution in [2.45, 2.75) is 75.5 Å². The minimum atomic E-state index is -0.890. The predicted octanol–water partition coefficient (Wildman–Crippen LogP) is 1.17. The third-order valence-corrected chi connectivity index (χ3v) is 6.29. The van der Waals surface area contributed by atoms with E-state index in [1.807, 2.05) is 11.8 Å². The van der Waals surface area contributed by atoms with E-state index in [4.69, 9.17) is 4.52 Å². The molecule has 28 heavy (non-hydrogen) atoms. The summed E-state index contributed by atoms with van der Waals surface area (Å²) in [6, 6.07) is 1.78. The summed E-state index contributed by atoms with van der Waals surface area (Å²) in [5.74, 6) is 1.02. The summed E-state index contributed by atoms with van der Waals surface area (Å²) >= 11 is 0. The highest BCUT2D eigenvalue weighted by Crippen LogP contribution is 2.40. The van der Waals surface area contributed by atoms with Crippen LogP contribution in [-0.4, -0.2) is 64.3 Å². The fraction of sp³-hybridized carbons (Fsp3) is 0.750. The van der Waals surface area contributed by atoms with Crippen LogP contribution in [0.1, 0.15) is 74.0 Å². The maximum Gasteiger partial charge on any atom is 0.273 e. The highest BCUT2D eigenvalue weighted by atomic mass is 16.5. The molecule has 1 unspecified atom stereocenters. The standard InChI is InChI=1S/C20H30N4O4/c1-13-10-15(22-19(26)16-11-17(28-23-16)14-2-3-14)4-9-24(13)18(25)12-20(27)5-7-21-8-6-20/h11,13-15,21,27H,2-10,12H2,1H3,(H,22,26)/t13-,15?/m0/s1. The molecule has 1 saturated carbocycles. The Kier molecular flexibility index (Phi) is 5.42. The van der Waals surface area contributed by atoms with Gasteiger partial charge in [0, 0.05) is 30.6 Å². The highest BCUT2D eigenvalue weighted by Gasteiger charge is 2.37. The third-order valence-electron chi connectivity index (χ3n) is 6.29. The van der Waals surface area contributed by atoms with Crippen LogP contribution in [0.5, 0.6) is 0 Å². The Morgan fingerprint density at radius 3 is 2.79 bits per heavy atom. The minimum absolute atomic E-state index is 0.00672. The van der Waals surface area contributed by atoms with Crippen LogP contribution in [0.2, 0.25) is 0 Å². The molecule has 0 radical (unpaired) electrons. The number of piperidine rings is 2. The van der Waals surface area contributed by atoms with E-state index in [0.717, 1.165) is 31.7 Å². The van der Waals surface area contributed by atoms with Gasteiger partial charge in [0.25, 0.3) is 5.91 Å². The average molecular weight is 390 g/mol. The van der Waals surface area contributed by atoms with Crippen molar-refractivity contribution in [1.82, 2.24) is 20.7 Å². The maximum absolute atomic E-state index is 12.7.